The van der Waals surface area contributed by atoms with E-state index in [0.717, 1.165) is 25.7 Å². The monoisotopic (exact) mass is 258 g/mol. The van der Waals surface area contributed by atoms with E-state index in [1.165, 1.54) is 10.5 Å². The summed E-state index contributed by atoms with van der Waals surface area (Å²) in [6, 6.07) is 0.105. The summed E-state index contributed by atoms with van der Waals surface area (Å²) in [7, 11) is -1.86. The molecule has 0 atom stereocenters. The Morgan fingerprint density at radius 2 is 2.18 bits per heavy atom. The Kier molecular flexibility index (Phi) is 3.50. The van der Waals surface area contributed by atoms with Crippen molar-refractivity contribution in [3.05, 3.63) is 11.8 Å². The van der Waals surface area contributed by atoms with Gasteiger partial charge in [0, 0.05) is 25.2 Å². The highest BCUT2D eigenvalue weighted by Gasteiger charge is 2.32. The molecule has 0 spiro atoms. The van der Waals surface area contributed by atoms with Crippen molar-refractivity contribution in [3.63, 3.8) is 0 Å². The number of sulfonamides is 1. The summed E-state index contributed by atoms with van der Waals surface area (Å²) in [6.45, 7) is 0.170. The van der Waals surface area contributed by atoms with Crippen LogP contribution >= 0.6 is 0 Å². The first-order valence-electron chi connectivity index (χ1n) is 5.77. The van der Waals surface area contributed by atoms with E-state index in [1.807, 2.05) is 0 Å². The molecule has 1 aromatic rings. The molecule has 1 aliphatic carbocycles. The van der Waals surface area contributed by atoms with Gasteiger partial charge in [0.05, 0.1) is 6.20 Å². The van der Waals surface area contributed by atoms with Crippen LogP contribution in [-0.4, -0.2) is 36.0 Å². The third-order valence-corrected chi connectivity index (χ3v) is 5.30. The average Bonchev–Trinajstić information content (AvgIpc) is 2.98. The average molecular weight is 258 g/mol. The molecule has 0 bridgehead atoms. The van der Waals surface area contributed by atoms with Crippen LogP contribution in [0.15, 0.2) is 11.2 Å². The van der Waals surface area contributed by atoms with Crippen LogP contribution in [0.5, 0.6) is 0 Å². The van der Waals surface area contributed by atoms with Crippen LogP contribution in [0.25, 0.3) is 0 Å². The molecule has 6 nitrogen and oxygen atoms in total. The molecule has 0 unspecified atom stereocenters. The first-order valence-corrected chi connectivity index (χ1v) is 7.21. The van der Waals surface area contributed by atoms with Gasteiger partial charge in [0.2, 0.25) is 0 Å². The van der Waals surface area contributed by atoms with Gasteiger partial charge in [0.1, 0.15) is 0 Å². The molecule has 0 aromatic carbocycles. The minimum absolute atomic E-state index is 0.105. The Balaban J connectivity index is 2.29. The molecule has 0 radical (unpaired) electrons. The largest absolute Gasteiger partial charge is 0.326 e. The van der Waals surface area contributed by atoms with Gasteiger partial charge in [-0.3, -0.25) is 5.10 Å². The SMILES string of the molecule is CN(C1CCCC1)S(=O)(=O)c1[nH]ncc1CN. The van der Waals surface area contributed by atoms with Crippen LogP contribution < -0.4 is 5.73 Å². The van der Waals surface area contributed by atoms with E-state index in [2.05, 4.69) is 10.2 Å². The van der Waals surface area contributed by atoms with Gasteiger partial charge in [0.15, 0.2) is 5.03 Å². The maximum absolute atomic E-state index is 12.4. The molecular weight excluding hydrogens is 240 g/mol. The second kappa shape index (κ2) is 4.75. The standard InChI is InChI=1S/C10H18N4O2S/c1-14(9-4-2-3-5-9)17(15,16)10-8(6-11)7-12-13-10/h7,9H,2-6,11H2,1H3,(H,12,13). The van der Waals surface area contributed by atoms with Gasteiger partial charge < -0.3 is 5.73 Å². The summed E-state index contributed by atoms with van der Waals surface area (Å²) >= 11 is 0. The van der Waals surface area contributed by atoms with Gasteiger partial charge in [-0.25, -0.2) is 8.42 Å². The Hall–Kier alpha value is -0.920. The number of nitrogens with one attached hydrogen (secondary N) is 1. The van der Waals surface area contributed by atoms with Crippen molar-refractivity contribution in [3.8, 4) is 0 Å². The summed E-state index contributed by atoms with van der Waals surface area (Å²) in [4.78, 5) is 0. The highest BCUT2D eigenvalue weighted by atomic mass is 32.2. The molecule has 0 saturated heterocycles. The zero-order chi connectivity index (χ0) is 12.5. The second-order valence-electron chi connectivity index (χ2n) is 4.39. The Morgan fingerprint density at radius 3 is 2.76 bits per heavy atom. The summed E-state index contributed by atoms with van der Waals surface area (Å²) in [5.41, 5.74) is 6.04. The van der Waals surface area contributed by atoms with Crippen molar-refractivity contribution in [2.24, 2.45) is 5.73 Å². The molecule has 1 saturated carbocycles. The van der Waals surface area contributed by atoms with Gasteiger partial charge in [-0.2, -0.15) is 9.40 Å². The first-order chi connectivity index (χ1) is 8.07. The molecule has 0 amide bonds. The van der Waals surface area contributed by atoms with E-state index < -0.39 is 10.0 Å². The number of aromatic amines is 1. The summed E-state index contributed by atoms with van der Waals surface area (Å²) in [5.74, 6) is 0. The first kappa shape index (κ1) is 12.5. The fourth-order valence-corrected chi connectivity index (χ4v) is 3.80. The van der Waals surface area contributed by atoms with E-state index in [-0.39, 0.29) is 17.6 Å². The summed E-state index contributed by atoms with van der Waals surface area (Å²) in [5, 5.41) is 6.43. The van der Waals surface area contributed by atoms with Crippen LogP contribution in [-0.2, 0) is 16.6 Å². The summed E-state index contributed by atoms with van der Waals surface area (Å²) in [6.07, 6.45) is 5.52. The molecular formula is C10H18N4O2S. The van der Waals surface area contributed by atoms with E-state index >= 15 is 0 Å². The van der Waals surface area contributed by atoms with Gasteiger partial charge in [0.25, 0.3) is 10.0 Å². The highest BCUT2D eigenvalue weighted by Crippen LogP contribution is 2.27. The molecule has 1 fully saturated rings. The molecule has 1 aromatic heterocycles. The number of H-pyrrole nitrogens is 1. The Labute approximate surface area is 101 Å². The van der Waals surface area contributed by atoms with Crippen LogP contribution in [0.4, 0.5) is 0 Å². The predicted octanol–water partition coefficient (Wildman–Crippen LogP) is 0.432. The van der Waals surface area contributed by atoms with Crippen LogP contribution in [0.3, 0.4) is 0 Å². The smallest absolute Gasteiger partial charge is 0.260 e. The van der Waals surface area contributed by atoms with Gasteiger partial charge >= 0.3 is 0 Å². The van der Waals surface area contributed by atoms with Crippen molar-refractivity contribution in [2.45, 2.75) is 43.3 Å². The number of rotatable bonds is 4. The quantitative estimate of drug-likeness (QED) is 0.819. The van der Waals surface area contributed by atoms with Crippen molar-refractivity contribution in [2.75, 3.05) is 7.05 Å². The fourth-order valence-electron chi connectivity index (χ4n) is 2.28. The lowest BCUT2D eigenvalue weighted by Gasteiger charge is -2.23. The molecule has 1 heterocycles. The van der Waals surface area contributed by atoms with Crippen LogP contribution in [0.1, 0.15) is 31.2 Å². The Bertz CT molecular complexity index is 476. The van der Waals surface area contributed by atoms with Crippen molar-refractivity contribution in [1.82, 2.24) is 14.5 Å². The maximum atomic E-state index is 12.4. The van der Waals surface area contributed by atoms with E-state index in [1.54, 1.807) is 7.05 Å². The van der Waals surface area contributed by atoms with Crippen molar-refractivity contribution < 1.29 is 8.42 Å². The lowest BCUT2D eigenvalue weighted by molar-refractivity contribution is 0.371. The molecule has 7 heteroatoms. The topological polar surface area (TPSA) is 92.1 Å². The number of nitrogens with zero attached hydrogens (tertiary/aromatic N) is 2. The predicted molar refractivity (Wildman–Crippen MR) is 63.7 cm³/mol. The van der Waals surface area contributed by atoms with Gasteiger partial charge in [-0.05, 0) is 12.8 Å². The number of hydrogen-bond acceptors (Lipinski definition) is 4. The van der Waals surface area contributed by atoms with Crippen molar-refractivity contribution in [1.29, 1.82) is 0 Å². The number of hydrogen-bond donors (Lipinski definition) is 2. The maximum Gasteiger partial charge on any atom is 0.260 e. The van der Waals surface area contributed by atoms with Crippen molar-refractivity contribution >= 4 is 10.0 Å². The zero-order valence-corrected chi connectivity index (χ0v) is 10.7. The molecule has 1 aliphatic rings. The third kappa shape index (κ3) is 2.22. The van der Waals surface area contributed by atoms with Crippen LogP contribution in [0.2, 0.25) is 0 Å². The van der Waals surface area contributed by atoms with Gasteiger partial charge in [-0.1, -0.05) is 12.8 Å². The van der Waals surface area contributed by atoms with Gasteiger partial charge in [-0.15, -0.1) is 0 Å². The van der Waals surface area contributed by atoms with E-state index in [4.69, 9.17) is 5.73 Å². The fraction of sp³-hybridized carbons (Fsp3) is 0.700. The molecule has 96 valence electrons. The zero-order valence-electron chi connectivity index (χ0n) is 9.89. The summed E-state index contributed by atoms with van der Waals surface area (Å²) < 4.78 is 26.2. The Morgan fingerprint density at radius 1 is 1.53 bits per heavy atom. The number of aromatic nitrogens is 2. The molecule has 0 aliphatic heterocycles. The van der Waals surface area contributed by atoms with E-state index in [9.17, 15) is 8.42 Å². The molecule has 3 N–H and O–H groups in total. The normalized spacial score (nSPS) is 18.1. The van der Waals surface area contributed by atoms with Crippen LogP contribution in [0, 0.1) is 0 Å². The lowest BCUT2D eigenvalue weighted by Crippen LogP contribution is -2.36. The second-order valence-corrected chi connectivity index (χ2v) is 6.32. The molecule has 17 heavy (non-hydrogen) atoms. The number of nitrogens with two attached hydrogens (primary N) is 1. The minimum atomic E-state index is -3.49. The van der Waals surface area contributed by atoms with E-state index in [0.29, 0.717) is 5.56 Å². The molecule has 2 rings (SSSR count). The lowest BCUT2D eigenvalue weighted by atomic mass is 10.3. The minimum Gasteiger partial charge on any atom is -0.326 e. The third-order valence-electron chi connectivity index (χ3n) is 3.37. The highest BCUT2D eigenvalue weighted by molar-refractivity contribution is 7.89.